The minimum absolute atomic E-state index is 0.130. The maximum absolute atomic E-state index is 11.9. The van der Waals surface area contributed by atoms with Crippen molar-refractivity contribution in [1.29, 1.82) is 0 Å². The zero-order valence-corrected chi connectivity index (χ0v) is 11.4. The van der Waals surface area contributed by atoms with Crippen molar-refractivity contribution in [2.45, 2.75) is 25.5 Å². The molecule has 0 aromatic carbocycles. The number of nitrogens with zero attached hydrogens (tertiary/aromatic N) is 3. The minimum Gasteiger partial charge on any atom is -0.392 e. The summed E-state index contributed by atoms with van der Waals surface area (Å²) in [7, 11) is 5.85. The Balaban J connectivity index is 2.52. The van der Waals surface area contributed by atoms with Gasteiger partial charge in [0.2, 0.25) is 5.91 Å². The van der Waals surface area contributed by atoms with Crippen LogP contribution in [0.3, 0.4) is 0 Å². The van der Waals surface area contributed by atoms with Crippen LogP contribution >= 0.6 is 0 Å². The van der Waals surface area contributed by atoms with Gasteiger partial charge in [0.25, 0.3) is 0 Å². The highest BCUT2D eigenvalue weighted by molar-refractivity contribution is 5.78. The van der Waals surface area contributed by atoms with E-state index in [1.165, 1.54) is 0 Å². The average molecular weight is 243 g/mol. The maximum Gasteiger partial charge on any atom is 0.236 e. The number of hydrogen-bond acceptors (Lipinski definition) is 4. The largest absolute Gasteiger partial charge is 0.392 e. The number of β-amino-alcohol motifs (C(OH)–C–C–N with tert-alkyl or cyclic N) is 1. The van der Waals surface area contributed by atoms with Gasteiger partial charge in [0.1, 0.15) is 0 Å². The number of carbonyl (C=O) groups excluding carboxylic acids is 1. The molecular weight excluding hydrogens is 218 g/mol. The Kier molecular flexibility index (Phi) is 5.36. The van der Waals surface area contributed by atoms with Gasteiger partial charge in [-0.3, -0.25) is 9.69 Å². The van der Waals surface area contributed by atoms with E-state index in [0.29, 0.717) is 13.1 Å². The van der Waals surface area contributed by atoms with E-state index < -0.39 is 0 Å². The molecule has 0 aliphatic carbocycles. The van der Waals surface area contributed by atoms with Crippen molar-refractivity contribution in [3.63, 3.8) is 0 Å². The van der Waals surface area contributed by atoms with Gasteiger partial charge < -0.3 is 14.9 Å². The second-order valence-electron chi connectivity index (χ2n) is 5.14. The van der Waals surface area contributed by atoms with Gasteiger partial charge in [-0.05, 0) is 27.4 Å². The lowest BCUT2D eigenvalue weighted by atomic mass is 10.2. The van der Waals surface area contributed by atoms with E-state index in [1.807, 2.05) is 28.1 Å². The predicted octanol–water partition coefficient (Wildman–Crippen LogP) is -0.538. The smallest absolute Gasteiger partial charge is 0.236 e. The molecule has 100 valence electrons. The number of hydrogen-bond donors (Lipinski definition) is 1. The number of likely N-dealkylation sites (N-methyl/N-ethyl adjacent to an activating group) is 2. The third kappa shape index (κ3) is 4.26. The van der Waals surface area contributed by atoms with Crippen molar-refractivity contribution < 1.29 is 9.90 Å². The summed E-state index contributed by atoms with van der Waals surface area (Å²) in [5, 5.41) is 9.71. The summed E-state index contributed by atoms with van der Waals surface area (Å²) < 4.78 is 0. The van der Waals surface area contributed by atoms with Crippen molar-refractivity contribution in [3.8, 4) is 0 Å². The number of carbonyl (C=O) groups is 1. The summed E-state index contributed by atoms with van der Waals surface area (Å²) in [6, 6.07) is 0.286. The molecule has 0 saturated carbocycles. The molecule has 0 bridgehead atoms. The van der Waals surface area contributed by atoms with E-state index in [-0.39, 0.29) is 18.1 Å². The van der Waals surface area contributed by atoms with Crippen LogP contribution in [0.15, 0.2) is 0 Å². The Morgan fingerprint density at radius 1 is 1.41 bits per heavy atom. The summed E-state index contributed by atoms with van der Waals surface area (Å²) in [6.07, 6.45) is 0.473. The van der Waals surface area contributed by atoms with Gasteiger partial charge in [0.05, 0.1) is 12.6 Å². The van der Waals surface area contributed by atoms with Gasteiger partial charge in [-0.2, -0.15) is 0 Å². The lowest BCUT2D eigenvalue weighted by molar-refractivity contribution is -0.131. The number of amides is 1. The first-order chi connectivity index (χ1) is 7.93. The number of likely N-dealkylation sites (tertiary alicyclic amines) is 1. The highest BCUT2D eigenvalue weighted by atomic mass is 16.3. The normalized spacial score (nSPS) is 25.5. The van der Waals surface area contributed by atoms with Gasteiger partial charge >= 0.3 is 0 Å². The first-order valence-corrected chi connectivity index (χ1v) is 6.24. The quantitative estimate of drug-likeness (QED) is 0.704. The molecule has 5 heteroatoms. The molecule has 1 aliphatic heterocycles. The van der Waals surface area contributed by atoms with Crippen LogP contribution in [0.1, 0.15) is 13.3 Å². The fourth-order valence-corrected chi connectivity index (χ4v) is 2.23. The van der Waals surface area contributed by atoms with Crippen LogP contribution in [-0.4, -0.2) is 85.2 Å². The summed E-state index contributed by atoms with van der Waals surface area (Å²) in [6.45, 7) is 4.61. The van der Waals surface area contributed by atoms with E-state index in [4.69, 9.17) is 0 Å². The second kappa shape index (κ2) is 6.33. The van der Waals surface area contributed by atoms with Crippen LogP contribution < -0.4 is 0 Å². The van der Waals surface area contributed by atoms with Crippen molar-refractivity contribution in [2.24, 2.45) is 0 Å². The fraction of sp³-hybridized carbons (Fsp3) is 0.917. The van der Waals surface area contributed by atoms with Crippen LogP contribution in [0.5, 0.6) is 0 Å². The van der Waals surface area contributed by atoms with Crippen molar-refractivity contribution in [3.05, 3.63) is 0 Å². The van der Waals surface area contributed by atoms with Crippen molar-refractivity contribution in [1.82, 2.24) is 14.7 Å². The zero-order valence-electron chi connectivity index (χ0n) is 11.4. The molecule has 1 N–H and O–H groups in total. The third-order valence-electron chi connectivity index (χ3n) is 3.32. The molecule has 0 radical (unpaired) electrons. The molecule has 1 heterocycles. The molecule has 1 rings (SSSR count). The van der Waals surface area contributed by atoms with Gasteiger partial charge in [0, 0.05) is 32.7 Å². The monoisotopic (exact) mass is 243 g/mol. The average Bonchev–Trinajstić information content (AvgIpc) is 2.56. The minimum atomic E-state index is -0.292. The molecule has 1 amide bonds. The van der Waals surface area contributed by atoms with E-state index >= 15 is 0 Å². The first-order valence-electron chi connectivity index (χ1n) is 6.24. The van der Waals surface area contributed by atoms with Crippen LogP contribution in [-0.2, 0) is 4.79 Å². The number of rotatable bonds is 5. The molecule has 2 atom stereocenters. The summed E-state index contributed by atoms with van der Waals surface area (Å²) in [4.78, 5) is 17.8. The molecule has 1 saturated heterocycles. The van der Waals surface area contributed by atoms with Gasteiger partial charge in [-0.1, -0.05) is 0 Å². The fourth-order valence-electron chi connectivity index (χ4n) is 2.23. The van der Waals surface area contributed by atoms with Crippen LogP contribution in [0.4, 0.5) is 0 Å². The van der Waals surface area contributed by atoms with Gasteiger partial charge in [-0.15, -0.1) is 0 Å². The maximum atomic E-state index is 11.9. The molecule has 0 spiro atoms. The highest BCUT2D eigenvalue weighted by Crippen LogP contribution is 2.18. The first kappa shape index (κ1) is 14.4. The zero-order chi connectivity index (χ0) is 13.0. The molecule has 17 heavy (non-hydrogen) atoms. The molecular formula is C12H25N3O2. The Morgan fingerprint density at radius 2 is 2.06 bits per heavy atom. The topological polar surface area (TPSA) is 47.0 Å². The third-order valence-corrected chi connectivity index (χ3v) is 3.32. The summed E-state index contributed by atoms with van der Waals surface area (Å²) in [5.41, 5.74) is 0. The van der Waals surface area contributed by atoms with Crippen molar-refractivity contribution in [2.75, 3.05) is 47.3 Å². The van der Waals surface area contributed by atoms with E-state index in [9.17, 15) is 9.90 Å². The Bertz CT molecular complexity index is 258. The predicted molar refractivity (Wildman–Crippen MR) is 67.8 cm³/mol. The lowest BCUT2D eigenvalue weighted by Gasteiger charge is -2.27. The molecule has 1 aliphatic rings. The van der Waals surface area contributed by atoms with Gasteiger partial charge in [0.15, 0.2) is 0 Å². The van der Waals surface area contributed by atoms with Crippen LogP contribution in [0.25, 0.3) is 0 Å². The number of aliphatic hydroxyl groups is 1. The Hall–Kier alpha value is -0.650. The van der Waals surface area contributed by atoms with E-state index in [2.05, 4.69) is 9.80 Å². The summed E-state index contributed by atoms with van der Waals surface area (Å²) >= 11 is 0. The summed E-state index contributed by atoms with van der Waals surface area (Å²) in [5.74, 6) is 0.130. The van der Waals surface area contributed by atoms with E-state index in [1.54, 1.807) is 4.90 Å². The SMILES string of the molecule is CCN(C)C(=O)CN1CC(O)CC1CN(C)C. The van der Waals surface area contributed by atoms with E-state index in [0.717, 1.165) is 19.5 Å². The number of aliphatic hydroxyl groups excluding tert-OH is 1. The molecule has 2 unspecified atom stereocenters. The molecule has 1 fully saturated rings. The lowest BCUT2D eigenvalue weighted by Crippen LogP contribution is -2.44. The van der Waals surface area contributed by atoms with Crippen LogP contribution in [0, 0.1) is 0 Å². The molecule has 0 aromatic heterocycles. The molecule has 0 aromatic rings. The molecule has 5 nitrogen and oxygen atoms in total. The standard InChI is InChI=1S/C12H25N3O2/c1-5-14(4)12(17)9-15-8-11(16)6-10(15)7-13(2)3/h10-11,16H,5-9H2,1-4H3. The highest BCUT2D eigenvalue weighted by Gasteiger charge is 2.32. The van der Waals surface area contributed by atoms with Crippen LogP contribution in [0.2, 0.25) is 0 Å². The Labute approximate surface area is 104 Å². The van der Waals surface area contributed by atoms with Crippen molar-refractivity contribution >= 4 is 5.91 Å². The Morgan fingerprint density at radius 3 is 2.59 bits per heavy atom. The second-order valence-corrected chi connectivity index (χ2v) is 5.14. The van der Waals surface area contributed by atoms with Gasteiger partial charge in [-0.25, -0.2) is 0 Å².